The first-order valence-corrected chi connectivity index (χ1v) is 6.81. The minimum absolute atomic E-state index is 0.506. The Morgan fingerprint density at radius 3 is 2.83 bits per heavy atom. The monoisotopic (exact) mass is 284 g/mol. The molecule has 2 aromatic rings. The molecule has 0 spiro atoms. The topological polar surface area (TPSA) is 46.5 Å². The zero-order valence-corrected chi connectivity index (χ0v) is 11.6. The van der Waals surface area contributed by atoms with Crippen LogP contribution in [-0.2, 0) is 4.79 Å². The van der Waals surface area contributed by atoms with Crippen molar-refractivity contribution in [3.05, 3.63) is 28.1 Å². The van der Waals surface area contributed by atoms with E-state index in [-0.39, 0.29) is 0 Å². The zero-order valence-electron chi connectivity index (χ0n) is 10.1. The highest BCUT2D eigenvalue weighted by atomic mass is 35.5. The van der Waals surface area contributed by atoms with Crippen LogP contribution in [0.15, 0.2) is 17.5 Å². The molecular weight excluding hydrogens is 272 g/mol. The van der Waals surface area contributed by atoms with Gasteiger partial charge in [0, 0.05) is 15.1 Å². The van der Waals surface area contributed by atoms with E-state index in [4.69, 9.17) is 16.3 Å². The van der Waals surface area contributed by atoms with E-state index >= 15 is 0 Å². The summed E-state index contributed by atoms with van der Waals surface area (Å²) in [4.78, 5) is 11.3. The van der Waals surface area contributed by atoms with Crippen LogP contribution < -0.4 is 4.74 Å². The standard InChI is InChI=1S/C13H13ClO3S/c1-3-8(13(15)16)9-6-18-11-5-7(14)4-10(17-2)12(9)11/h4-6,8H,3H2,1-2H3,(H,15,16). The Morgan fingerprint density at radius 2 is 2.28 bits per heavy atom. The lowest BCUT2D eigenvalue weighted by molar-refractivity contribution is -0.138. The van der Waals surface area contributed by atoms with E-state index in [9.17, 15) is 9.90 Å². The van der Waals surface area contributed by atoms with Gasteiger partial charge < -0.3 is 9.84 Å². The van der Waals surface area contributed by atoms with Crippen LogP contribution in [0.1, 0.15) is 24.8 Å². The van der Waals surface area contributed by atoms with Crippen molar-refractivity contribution in [3.63, 3.8) is 0 Å². The molecule has 0 aliphatic heterocycles. The second kappa shape index (κ2) is 5.16. The highest BCUT2D eigenvalue weighted by Crippen LogP contribution is 2.40. The SMILES string of the molecule is CCC(C(=O)O)c1csc2cc(Cl)cc(OC)c12. The molecule has 0 fully saturated rings. The molecular formula is C13H13ClO3S. The molecule has 0 aliphatic carbocycles. The highest BCUT2D eigenvalue weighted by molar-refractivity contribution is 7.17. The van der Waals surface area contributed by atoms with Crippen LogP contribution >= 0.6 is 22.9 Å². The van der Waals surface area contributed by atoms with Gasteiger partial charge in [-0.3, -0.25) is 4.79 Å². The Morgan fingerprint density at radius 1 is 1.56 bits per heavy atom. The minimum atomic E-state index is -0.811. The van der Waals surface area contributed by atoms with Crippen LogP contribution in [-0.4, -0.2) is 18.2 Å². The third-order valence-electron chi connectivity index (χ3n) is 2.93. The summed E-state index contributed by atoms with van der Waals surface area (Å²) >= 11 is 7.49. The van der Waals surface area contributed by atoms with Gasteiger partial charge in [-0.25, -0.2) is 0 Å². The Balaban J connectivity index is 2.69. The van der Waals surface area contributed by atoms with Crippen molar-refractivity contribution in [1.29, 1.82) is 0 Å². The quantitative estimate of drug-likeness (QED) is 0.918. The Kier molecular flexibility index (Phi) is 3.78. The first-order chi connectivity index (χ1) is 8.58. The molecule has 1 unspecified atom stereocenters. The molecule has 0 saturated heterocycles. The number of halogens is 1. The van der Waals surface area contributed by atoms with E-state index in [0.717, 1.165) is 15.6 Å². The number of rotatable bonds is 4. The van der Waals surface area contributed by atoms with E-state index in [2.05, 4.69) is 0 Å². The number of carbonyl (C=O) groups is 1. The van der Waals surface area contributed by atoms with Crippen molar-refractivity contribution in [2.45, 2.75) is 19.3 Å². The van der Waals surface area contributed by atoms with E-state index in [1.165, 1.54) is 11.3 Å². The maximum Gasteiger partial charge on any atom is 0.311 e. The van der Waals surface area contributed by atoms with Crippen LogP contribution in [0.25, 0.3) is 10.1 Å². The highest BCUT2D eigenvalue weighted by Gasteiger charge is 2.23. The molecule has 1 N–H and O–H groups in total. The molecule has 96 valence electrons. The van der Waals surface area contributed by atoms with Gasteiger partial charge in [0.25, 0.3) is 0 Å². The van der Waals surface area contributed by atoms with Crippen molar-refractivity contribution in [1.82, 2.24) is 0 Å². The van der Waals surface area contributed by atoms with Crippen molar-refractivity contribution < 1.29 is 14.6 Å². The van der Waals surface area contributed by atoms with E-state index in [1.54, 1.807) is 13.2 Å². The van der Waals surface area contributed by atoms with E-state index < -0.39 is 11.9 Å². The van der Waals surface area contributed by atoms with Gasteiger partial charge in [-0.1, -0.05) is 18.5 Å². The lowest BCUT2D eigenvalue weighted by Gasteiger charge is -2.11. The normalized spacial score (nSPS) is 12.6. The number of hydrogen-bond donors (Lipinski definition) is 1. The fraction of sp³-hybridized carbons (Fsp3) is 0.308. The van der Waals surface area contributed by atoms with Crippen LogP contribution in [0.4, 0.5) is 0 Å². The van der Waals surface area contributed by atoms with Crippen LogP contribution in [0.2, 0.25) is 5.02 Å². The van der Waals surface area contributed by atoms with Gasteiger partial charge in [-0.05, 0) is 29.5 Å². The van der Waals surface area contributed by atoms with Gasteiger partial charge in [0.05, 0.1) is 13.0 Å². The average Bonchev–Trinajstić information content (AvgIpc) is 2.72. The summed E-state index contributed by atoms with van der Waals surface area (Å²) in [5.74, 6) is -0.684. The smallest absolute Gasteiger partial charge is 0.311 e. The van der Waals surface area contributed by atoms with Gasteiger partial charge >= 0.3 is 5.97 Å². The van der Waals surface area contributed by atoms with Crippen molar-refractivity contribution in [2.24, 2.45) is 0 Å². The van der Waals surface area contributed by atoms with Crippen LogP contribution in [0, 0.1) is 0 Å². The average molecular weight is 285 g/mol. The molecule has 0 aliphatic rings. The second-order valence-electron chi connectivity index (χ2n) is 3.97. The first kappa shape index (κ1) is 13.2. The number of benzene rings is 1. The molecule has 18 heavy (non-hydrogen) atoms. The zero-order chi connectivity index (χ0) is 13.3. The van der Waals surface area contributed by atoms with Crippen molar-refractivity contribution >= 4 is 39.0 Å². The van der Waals surface area contributed by atoms with Gasteiger partial charge in [0.1, 0.15) is 5.75 Å². The number of ether oxygens (including phenoxy) is 1. The molecule has 0 saturated carbocycles. The predicted octanol–water partition coefficient (Wildman–Crippen LogP) is 4.14. The maximum atomic E-state index is 11.3. The summed E-state index contributed by atoms with van der Waals surface area (Å²) in [6, 6.07) is 3.55. The lowest BCUT2D eigenvalue weighted by atomic mass is 9.96. The Hall–Kier alpha value is -1.26. The number of methoxy groups -OCH3 is 1. The van der Waals surface area contributed by atoms with Crippen molar-refractivity contribution in [2.75, 3.05) is 7.11 Å². The summed E-state index contributed by atoms with van der Waals surface area (Å²) in [6.07, 6.45) is 0.549. The summed E-state index contributed by atoms with van der Waals surface area (Å²) in [5.41, 5.74) is 0.804. The van der Waals surface area contributed by atoms with E-state index in [0.29, 0.717) is 17.2 Å². The van der Waals surface area contributed by atoms with Crippen molar-refractivity contribution in [3.8, 4) is 5.75 Å². The lowest BCUT2D eigenvalue weighted by Crippen LogP contribution is -2.10. The molecule has 1 atom stereocenters. The van der Waals surface area contributed by atoms with Gasteiger partial charge in [0.2, 0.25) is 0 Å². The molecule has 3 nitrogen and oxygen atoms in total. The van der Waals surface area contributed by atoms with Gasteiger partial charge in [-0.2, -0.15) is 0 Å². The predicted molar refractivity (Wildman–Crippen MR) is 74.1 cm³/mol. The number of hydrogen-bond acceptors (Lipinski definition) is 3. The number of aliphatic carboxylic acids is 1. The number of thiophene rings is 1. The second-order valence-corrected chi connectivity index (χ2v) is 5.32. The van der Waals surface area contributed by atoms with E-state index in [1.807, 2.05) is 18.4 Å². The molecule has 0 bridgehead atoms. The summed E-state index contributed by atoms with van der Waals surface area (Å²) in [5, 5.41) is 12.6. The van der Waals surface area contributed by atoms with Gasteiger partial charge in [-0.15, -0.1) is 11.3 Å². The molecule has 1 aromatic carbocycles. The summed E-state index contributed by atoms with van der Waals surface area (Å²) in [7, 11) is 1.56. The molecule has 1 aromatic heterocycles. The number of fused-ring (bicyclic) bond motifs is 1. The minimum Gasteiger partial charge on any atom is -0.496 e. The Labute approximate surface area is 114 Å². The third kappa shape index (κ3) is 2.18. The number of carboxylic acids is 1. The third-order valence-corrected chi connectivity index (χ3v) is 4.10. The Bertz CT molecular complexity index is 591. The molecule has 0 radical (unpaired) electrons. The summed E-state index contributed by atoms with van der Waals surface area (Å²) < 4.78 is 6.26. The van der Waals surface area contributed by atoms with Crippen LogP contribution in [0.5, 0.6) is 5.75 Å². The summed E-state index contributed by atoms with van der Waals surface area (Å²) in [6.45, 7) is 1.87. The molecule has 2 rings (SSSR count). The molecule has 1 heterocycles. The first-order valence-electron chi connectivity index (χ1n) is 5.55. The van der Waals surface area contributed by atoms with Crippen LogP contribution in [0.3, 0.4) is 0 Å². The fourth-order valence-electron chi connectivity index (χ4n) is 2.07. The largest absolute Gasteiger partial charge is 0.496 e. The molecule has 5 heteroatoms. The van der Waals surface area contributed by atoms with Gasteiger partial charge in [0.15, 0.2) is 0 Å². The maximum absolute atomic E-state index is 11.3. The fourth-order valence-corrected chi connectivity index (χ4v) is 3.41. The number of carboxylic acid groups (broad SMARTS) is 1. The molecule has 0 amide bonds.